The van der Waals surface area contributed by atoms with Crippen LogP contribution in [0.25, 0.3) is 0 Å². The molecule has 1 radical (unpaired) electrons. The Hall–Kier alpha value is 0.409. The topological polar surface area (TPSA) is 20.2 Å². The van der Waals surface area contributed by atoms with Crippen molar-refractivity contribution in [3.63, 3.8) is 0 Å². The molecule has 0 unspecified atom stereocenters. The molecule has 11 heavy (non-hydrogen) atoms. The van der Waals surface area contributed by atoms with E-state index in [0.29, 0.717) is 10.0 Å². The summed E-state index contributed by atoms with van der Waals surface area (Å²) in [4.78, 5) is 0. The number of hydrogen-bond acceptors (Lipinski definition) is 1. The smallest absolute Gasteiger partial charge is 0.506 e. The van der Waals surface area contributed by atoms with Gasteiger partial charge in [0.1, 0.15) is 5.75 Å². The number of phenols is 1. The van der Waals surface area contributed by atoms with Crippen molar-refractivity contribution in [3.05, 3.63) is 27.2 Å². The van der Waals surface area contributed by atoms with E-state index in [1.165, 1.54) is 12.1 Å². The van der Waals surface area contributed by atoms with Gasteiger partial charge in [-0.25, -0.2) is 0 Å². The molecule has 1 aromatic rings. The van der Waals surface area contributed by atoms with Crippen LogP contribution in [0, 0.1) is 0 Å². The van der Waals surface area contributed by atoms with Crippen molar-refractivity contribution in [1.82, 2.24) is 0 Å². The Morgan fingerprint density at radius 1 is 0.909 bits per heavy atom. The summed E-state index contributed by atoms with van der Waals surface area (Å²) in [5.74, 6) is -0.0592. The van der Waals surface area contributed by atoms with Crippen LogP contribution in [-0.4, -0.2) is 5.11 Å². The maximum atomic E-state index is 8.95. The van der Waals surface area contributed by atoms with Crippen molar-refractivity contribution < 1.29 is 22.2 Å². The molecule has 0 spiro atoms. The summed E-state index contributed by atoms with van der Waals surface area (Å²) in [7, 11) is 0. The first-order valence-electron chi connectivity index (χ1n) is 2.45. The van der Waals surface area contributed by atoms with Crippen LogP contribution in [0.5, 0.6) is 5.75 Å². The minimum Gasteiger partial charge on any atom is -0.506 e. The van der Waals surface area contributed by atoms with Crippen LogP contribution < -0.4 is 0 Å². The van der Waals surface area contributed by atoms with Gasteiger partial charge < -0.3 is 5.11 Å². The van der Waals surface area contributed by atoms with Gasteiger partial charge in [0.15, 0.2) is 0 Å². The number of hydrogen-bond donors (Lipinski definition) is 1. The third-order valence-electron chi connectivity index (χ3n) is 0.990. The molecule has 63 valence electrons. The van der Waals surface area contributed by atoms with Gasteiger partial charge in [-0.2, -0.15) is 0 Å². The summed E-state index contributed by atoms with van der Waals surface area (Å²) in [5, 5.41) is 9.79. The van der Waals surface area contributed by atoms with Crippen molar-refractivity contribution in [3.8, 4) is 5.75 Å². The number of benzene rings is 1. The molecule has 0 aliphatic rings. The average Bonchev–Trinajstić information content (AvgIpc) is 1.84. The fourth-order valence-corrected chi connectivity index (χ4v) is 1.05. The zero-order valence-corrected chi connectivity index (χ0v) is 8.25. The van der Waals surface area contributed by atoms with Gasteiger partial charge in [0, 0.05) is 6.07 Å². The average molecular weight is 261 g/mol. The van der Waals surface area contributed by atoms with Gasteiger partial charge in [0.25, 0.3) is 0 Å². The van der Waals surface area contributed by atoms with Crippen LogP contribution in [0.1, 0.15) is 0 Å². The molecule has 0 amide bonds. The molecule has 0 heterocycles. The Morgan fingerprint density at radius 2 is 1.36 bits per heavy atom. The first kappa shape index (κ1) is 11.4. The molecule has 1 rings (SSSR count). The predicted octanol–water partition coefficient (Wildman–Crippen LogP) is 3.35. The van der Waals surface area contributed by atoms with Crippen molar-refractivity contribution in [2.45, 2.75) is 0 Å². The Morgan fingerprint density at radius 3 is 1.82 bits per heavy atom. The first-order chi connectivity index (χ1) is 4.61. The second-order valence-electron chi connectivity index (χ2n) is 1.72. The molecule has 0 fully saturated rings. The van der Waals surface area contributed by atoms with Crippen LogP contribution in [-0.2, 0) is 17.1 Å². The third kappa shape index (κ3) is 2.73. The molecule has 0 saturated heterocycles. The number of rotatable bonds is 0. The molecule has 0 bridgehead atoms. The van der Waals surface area contributed by atoms with Gasteiger partial charge in [-0.05, 0) is 6.07 Å². The van der Waals surface area contributed by atoms with Crippen molar-refractivity contribution >= 4 is 34.8 Å². The number of aromatic hydroxyl groups is 1. The molecule has 1 nitrogen and oxygen atoms in total. The number of phenolic OH excluding ortho intramolecular Hbond substituents is 1. The van der Waals surface area contributed by atoms with E-state index < -0.39 is 0 Å². The van der Waals surface area contributed by atoms with E-state index in [4.69, 9.17) is 39.9 Å². The van der Waals surface area contributed by atoms with Gasteiger partial charge >= 0.3 is 17.1 Å². The zero-order chi connectivity index (χ0) is 7.72. The maximum Gasteiger partial charge on any atom is 2.00 e. The van der Waals surface area contributed by atoms with E-state index >= 15 is 0 Å². The van der Waals surface area contributed by atoms with E-state index in [2.05, 4.69) is 0 Å². The fourth-order valence-electron chi connectivity index (χ4n) is 0.512. The predicted molar refractivity (Wildman–Crippen MR) is 43.1 cm³/mol. The second kappa shape index (κ2) is 4.44. The SMILES string of the molecule is Oc1cc(Cl)c(Cl)cc1Cl.[Cu+2]. The molecule has 0 saturated carbocycles. The monoisotopic (exact) mass is 259 g/mol. The van der Waals surface area contributed by atoms with E-state index in [9.17, 15) is 0 Å². The second-order valence-corrected chi connectivity index (χ2v) is 2.94. The molecular formula is C6H3Cl3CuO+2. The molecule has 0 aromatic heterocycles. The largest absolute Gasteiger partial charge is 2.00 e. The van der Waals surface area contributed by atoms with Crippen molar-refractivity contribution in [2.24, 2.45) is 0 Å². The quantitative estimate of drug-likeness (QED) is 0.560. The summed E-state index contributed by atoms with van der Waals surface area (Å²) in [6, 6.07) is 2.69. The van der Waals surface area contributed by atoms with Crippen LogP contribution >= 0.6 is 34.8 Å². The molecule has 0 atom stereocenters. The minimum absolute atomic E-state index is 0. The van der Waals surface area contributed by atoms with Crippen LogP contribution in [0.15, 0.2) is 12.1 Å². The van der Waals surface area contributed by atoms with Gasteiger partial charge in [-0.3, -0.25) is 0 Å². The Bertz CT molecular complexity index is 214. The molecular weight excluding hydrogens is 258 g/mol. The van der Waals surface area contributed by atoms with Crippen LogP contribution in [0.2, 0.25) is 15.1 Å². The van der Waals surface area contributed by atoms with Crippen molar-refractivity contribution in [1.29, 1.82) is 0 Å². The summed E-state index contributed by atoms with van der Waals surface area (Å²) in [5.41, 5.74) is 0. The van der Waals surface area contributed by atoms with Gasteiger partial charge in [0.2, 0.25) is 0 Å². The molecule has 1 N–H and O–H groups in total. The Labute approximate surface area is 89.7 Å². The normalized spacial score (nSPS) is 9.00. The molecule has 0 aliphatic carbocycles. The van der Waals surface area contributed by atoms with Crippen molar-refractivity contribution in [2.75, 3.05) is 0 Å². The Kier molecular flexibility index (Phi) is 4.60. The van der Waals surface area contributed by atoms with Gasteiger partial charge in [-0.1, -0.05) is 34.8 Å². The van der Waals surface area contributed by atoms with E-state index in [-0.39, 0.29) is 27.8 Å². The maximum absolute atomic E-state index is 8.95. The fraction of sp³-hybridized carbons (Fsp3) is 0. The molecule has 5 heteroatoms. The summed E-state index contributed by atoms with van der Waals surface area (Å²) >= 11 is 16.6. The molecule has 1 aromatic carbocycles. The summed E-state index contributed by atoms with van der Waals surface area (Å²) in [6.45, 7) is 0. The zero-order valence-electron chi connectivity index (χ0n) is 5.04. The van der Waals surface area contributed by atoms with E-state index in [1.807, 2.05) is 0 Å². The van der Waals surface area contributed by atoms with Gasteiger partial charge in [-0.15, -0.1) is 0 Å². The van der Waals surface area contributed by atoms with Gasteiger partial charge in [0.05, 0.1) is 15.1 Å². The number of halogens is 3. The van der Waals surface area contributed by atoms with Crippen LogP contribution in [0.3, 0.4) is 0 Å². The van der Waals surface area contributed by atoms with E-state index in [0.717, 1.165) is 0 Å². The standard InChI is InChI=1S/C6H3Cl3O.Cu/c7-3-1-5(9)6(10)2-4(3)8;/h1-2,10H;/q;+2. The first-order valence-corrected chi connectivity index (χ1v) is 3.58. The minimum atomic E-state index is -0.0592. The molecule has 0 aliphatic heterocycles. The summed E-state index contributed by atoms with van der Waals surface area (Å²) in [6.07, 6.45) is 0. The summed E-state index contributed by atoms with van der Waals surface area (Å²) < 4.78 is 0. The van der Waals surface area contributed by atoms with Crippen LogP contribution in [0.4, 0.5) is 0 Å². The Balaban J connectivity index is 0.000001000. The third-order valence-corrected chi connectivity index (χ3v) is 2.01. The van der Waals surface area contributed by atoms with E-state index in [1.54, 1.807) is 0 Å².